The SMILES string of the molecule is CC(C)(COp1oc2ccc(C(C)(C)C)cc2c2cc(C(C)(C)C)cc(C(C)(C)C)c2o1)CP(C1CCCCC1)C1CCCCC1. The van der Waals surface area contributed by atoms with E-state index >= 15 is 0 Å². The van der Waals surface area contributed by atoms with Gasteiger partial charge in [0.25, 0.3) is 0 Å². The second-order valence-electron chi connectivity index (χ2n) is 18.5. The summed E-state index contributed by atoms with van der Waals surface area (Å²) >= 11 is 0. The molecule has 5 heteroatoms. The Morgan fingerprint density at radius 1 is 0.652 bits per heavy atom. The lowest BCUT2D eigenvalue weighted by atomic mass is 9.79. The van der Waals surface area contributed by atoms with Gasteiger partial charge in [0.15, 0.2) is 0 Å². The highest BCUT2D eigenvalue weighted by atomic mass is 31.1. The Kier molecular flexibility index (Phi) is 10.9. The molecule has 2 fully saturated rings. The van der Waals surface area contributed by atoms with Crippen LogP contribution in [0, 0.1) is 5.41 Å². The molecular formula is C41H64O3P2. The summed E-state index contributed by atoms with van der Waals surface area (Å²) < 4.78 is 20.5. The molecule has 256 valence electrons. The standard InChI is InChI=1S/C41H64O3P2/c1-38(2,3)29-22-23-36-33(24-29)34-25-30(39(4,5)6)26-35(40(7,8)9)37(34)44-46(43-36)42-27-41(10,11)28-45(31-18-14-12-15-19-31)32-20-16-13-17-21-32/h22-26,31-32H,12-21,27-28H2,1-11H3. The van der Waals surface area contributed by atoms with Crippen LogP contribution in [0.25, 0.3) is 21.9 Å². The van der Waals surface area contributed by atoms with E-state index in [9.17, 15) is 0 Å². The van der Waals surface area contributed by atoms with Crippen LogP contribution < -0.4 is 4.52 Å². The maximum atomic E-state index is 6.95. The smallest absolute Gasteiger partial charge is 0.387 e. The fourth-order valence-electron chi connectivity index (χ4n) is 7.58. The molecule has 3 aromatic rings. The highest BCUT2D eigenvalue weighted by Gasteiger charge is 2.36. The van der Waals surface area contributed by atoms with E-state index in [0.717, 1.165) is 33.3 Å². The van der Waals surface area contributed by atoms with Gasteiger partial charge >= 0.3 is 8.24 Å². The molecule has 0 spiro atoms. The third-order valence-corrected chi connectivity index (χ3v) is 15.6. The molecule has 2 aliphatic rings. The molecule has 0 amide bonds. The monoisotopic (exact) mass is 666 g/mol. The van der Waals surface area contributed by atoms with Crippen molar-refractivity contribution in [3.63, 3.8) is 0 Å². The lowest BCUT2D eigenvalue weighted by molar-refractivity contribution is 0.240. The van der Waals surface area contributed by atoms with Gasteiger partial charge < -0.3 is 8.39 Å². The Hall–Kier alpha value is -1.27. The van der Waals surface area contributed by atoms with Gasteiger partial charge in [-0.25, -0.2) is 0 Å². The van der Waals surface area contributed by atoms with Crippen molar-refractivity contribution in [1.29, 1.82) is 0 Å². The van der Waals surface area contributed by atoms with Gasteiger partial charge in [0.2, 0.25) is 0 Å². The predicted octanol–water partition coefficient (Wildman–Crippen LogP) is 13.8. The molecule has 2 saturated carbocycles. The Balaban J connectivity index is 1.57. The van der Waals surface area contributed by atoms with Gasteiger partial charge in [-0.15, -0.1) is 0 Å². The first-order chi connectivity index (χ1) is 21.4. The van der Waals surface area contributed by atoms with Crippen molar-refractivity contribution in [1.82, 2.24) is 0 Å². The number of hydrogen-bond acceptors (Lipinski definition) is 3. The molecule has 1 unspecified atom stereocenters. The number of rotatable bonds is 7. The molecule has 1 aromatic heterocycles. The highest BCUT2D eigenvalue weighted by Crippen LogP contribution is 2.58. The van der Waals surface area contributed by atoms with E-state index in [1.165, 1.54) is 87.1 Å². The summed E-state index contributed by atoms with van der Waals surface area (Å²) in [5.41, 5.74) is 7.54. The summed E-state index contributed by atoms with van der Waals surface area (Å²) in [6, 6.07) is 11.4. The molecule has 3 nitrogen and oxygen atoms in total. The average Bonchev–Trinajstić information content (AvgIpc) is 3.14. The van der Waals surface area contributed by atoms with Crippen LogP contribution in [0.2, 0.25) is 0 Å². The second-order valence-corrected chi connectivity index (χ2v) is 22.3. The van der Waals surface area contributed by atoms with E-state index in [4.69, 9.17) is 12.9 Å². The summed E-state index contributed by atoms with van der Waals surface area (Å²) in [4.78, 5) is 0. The summed E-state index contributed by atoms with van der Waals surface area (Å²) in [6.45, 7) is 26.2. The third-order valence-electron chi connectivity index (χ3n) is 10.5. The normalized spacial score (nSPS) is 18.6. The lowest BCUT2D eigenvalue weighted by Gasteiger charge is -2.42. The first-order valence-electron chi connectivity index (χ1n) is 18.3. The van der Waals surface area contributed by atoms with Crippen molar-refractivity contribution in [2.75, 3.05) is 12.8 Å². The quantitative estimate of drug-likeness (QED) is 0.235. The van der Waals surface area contributed by atoms with Crippen LogP contribution >= 0.6 is 16.2 Å². The van der Waals surface area contributed by atoms with Gasteiger partial charge in [-0.1, -0.05) is 135 Å². The zero-order valence-electron chi connectivity index (χ0n) is 31.1. The van der Waals surface area contributed by atoms with Crippen molar-refractivity contribution in [2.45, 2.75) is 168 Å². The van der Waals surface area contributed by atoms with Gasteiger partial charge in [0, 0.05) is 16.3 Å². The van der Waals surface area contributed by atoms with E-state index < -0.39 is 8.24 Å². The van der Waals surface area contributed by atoms with Gasteiger partial charge in [-0.3, -0.25) is 4.52 Å². The minimum absolute atomic E-state index is 0.00424. The van der Waals surface area contributed by atoms with E-state index in [-0.39, 0.29) is 29.6 Å². The summed E-state index contributed by atoms with van der Waals surface area (Å²) in [6.07, 6.45) is 15.7. The largest absolute Gasteiger partial charge is 0.399 e. The molecule has 0 saturated heterocycles. The Morgan fingerprint density at radius 2 is 1.20 bits per heavy atom. The predicted molar refractivity (Wildman–Crippen MR) is 203 cm³/mol. The zero-order chi connectivity index (χ0) is 33.5. The zero-order valence-corrected chi connectivity index (χ0v) is 32.9. The van der Waals surface area contributed by atoms with E-state index in [1.807, 2.05) is 0 Å². The van der Waals surface area contributed by atoms with Crippen molar-refractivity contribution in [3.8, 4) is 0 Å². The minimum Gasteiger partial charge on any atom is -0.399 e. The molecule has 46 heavy (non-hydrogen) atoms. The Morgan fingerprint density at radius 3 is 1.72 bits per heavy atom. The van der Waals surface area contributed by atoms with Crippen LogP contribution in [0.4, 0.5) is 0 Å². The summed E-state index contributed by atoms with van der Waals surface area (Å²) in [5, 5.41) is 2.24. The van der Waals surface area contributed by atoms with Crippen LogP contribution in [-0.2, 0) is 16.2 Å². The minimum atomic E-state index is -1.62. The van der Waals surface area contributed by atoms with Crippen LogP contribution in [0.15, 0.2) is 38.7 Å². The lowest BCUT2D eigenvalue weighted by Crippen LogP contribution is -2.30. The molecule has 1 atom stereocenters. The van der Waals surface area contributed by atoms with Crippen LogP contribution in [0.1, 0.15) is 157 Å². The Labute approximate surface area is 283 Å². The molecule has 0 bridgehead atoms. The van der Waals surface area contributed by atoms with Crippen molar-refractivity contribution >= 4 is 38.1 Å². The molecule has 2 aliphatic carbocycles. The molecule has 0 radical (unpaired) electrons. The number of benzene rings is 2. The molecule has 5 rings (SSSR count). The van der Waals surface area contributed by atoms with Gasteiger partial charge in [-0.2, -0.15) is 0 Å². The highest BCUT2D eigenvalue weighted by molar-refractivity contribution is 7.59. The van der Waals surface area contributed by atoms with Gasteiger partial charge in [-0.05, 0) is 94.1 Å². The first-order valence-corrected chi connectivity index (χ1v) is 21.1. The molecule has 0 N–H and O–H groups in total. The molecule has 2 aromatic carbocycles. The number of fused-ring (bicyclic) bond motifs is 3. The van der Waals surface area contributed by atoms with Crippen molar-refractivity contribution in [2.24, 2.45) is 5.41 Å². The van der Waals surface area contributed by atoms with E-state index in [1.54, 1.807) is 0 Å². The fourth-order valence-corrected chi connectivity index (χ4v) is 13.1. The summed E-state index contributed by atoms with van der Waals surface area (Å²) in [7, 11) is -1.63. The Bertz CT molecular complexity index is 1500. The number of hydrogen-bond donors (Lipinski definition) is 0. The fraction of sp³-hybridized carbons (Fsp3) is 0.707. The van der Waals surface area contributed by atoms with Crippen molar-refractivity contribution < 1.29 is 12.9 Å². The second kappa shape index (κ2) is 13.9. The maximum absolute atomic E-state index is 6.95. The van der Waals surface area contributed by atoms with E-state index in [0.29, 0.717) is 6.61 Å². The van der Waals surface area contributed by atoms with Crippen molar-refractivity contribution in [3.05, 3.63) is 47.0 Å². The maximum Gasteiger partial charge on any atom is 0.387 e. The molecular weight excluding hydrogens is 602 g/mol. The molecule has 1 heterocycles. The third kappa shape index (κ3) is 8.65. The van der Waals surface area contributed by atoms with Gasteiger partial charge in [0.05, 0.1) is 6.61 Å². The van der Waals surface area contributed by atoms with E-state index in [2.05, 4.69) is 106 Å². The summed E-state index contributed by atoms with van der Waals surface area (Å²) in [5.74, 6) is 0. The molecule has 0 aliphatic heterocycles. The van der Waals surface area contributed by atoms with Crippen LogP contribution in [0.3, 0.4) is 0 Å². The van der Waals surface area contributed by atoms with Crippen LogP contribution in [0.5, 0.6) is 0 Å². The topological polar surface area (TPSA) is 35.5 Å². The average molecular weight is 667 g/mol. The van der Waals surface area contributed by atoms with Crippen LogP contribution in [-0.4, -0.2) is 24.1 Å². The van der Waals surface area contributed by atoms with Gasteiger partial charge in [0.1, 0.15) is 11.2 Å². The first kappa shape index (κ1) is 36.0.